The summed E-state index contributed by atoms with van der Waals surface area (Å²) in [4.78, 5) is 48.0. The molecule has 4 unspecified atom stereocenters. The van der Waals surface area contributed by atoms with Crippen molar-refractivity contribution in [1.82, 2.24) is 0 Å². The highest BCUT2D eigenvalue weighted by molar-refractivity contribution is 8.08. The minimum atomic E-state index is -1.08. The third kappa shape index (κ3) is 16.3. The van der Waals surface area contributed by atoms with Crippen molar-refractivity contribution in [1.29, 1.82) is 0 Å². The van der Waals surface area contributed by atoms with Crippen LogP contribution in [0, 0.1) is 0 Å². The average Bonchev–Trinajstić information content (AvgIpc) is 3.13. The zero-order chi connectivity index (χ0) is 36.4. The molecule has 2 aliphatic heterocycles. The molecule has 0 saturated carbocycles. The molecule has 1 aromatic carbocycles. The molecule has 0 spiro atoms. The molecule has 3 rings (SSSR count). The molecule has 4 atom stereocenters. The number of thioether (sulfide) groups is 6. The Kier molecular flexibility index (Phi) is 19.7. The first kappa shape index (κ1) is 42.7. The van der Waals surface area contributed by atoms with E-state index in [0.29, 0.717) is 27.8 Å². The number of hydrogen-bond acceptors (Lipinski definition) is 16. The van der Waals surface area contributed by atoms with Crippen LogP contribution in [-0.4, -0.2) is 125 Å². The molecule has 2 heterocycles. The summed E-state index contributed by atoms with van der Waals surface area (Å²) in [6.45, 7) is 9.30. The van der Waals surface area contributed by atoms with Crippen LogP contribution in [0.3, 0.4) is 0 Å². The van der Waals surface area contributed by atoms with Gasteiger partial charge in [0.15, 0.2) is 4.93 Å². The van der Waals surface area contributed by atoms with E-state index in [4.69, 9.17) is 18.9 Å². The number of hydrogen-bond donors (Lipinski definition) is 0. The lowest BCUT2D eigenvalue weighted by Gasteiger charge is -2.31. The van der Waals surface area contributed by atoms with Gasteiger partial charge in [0.05, 0.1) is 27.1 Å². The molecule has 0 radical (unpaired) electrons. The van der Waals surface area contributed by atoms with Crippen LogP contribution in [0.15, 0.2) is 48.6 Å². The zero-order valence-corrected chi connectivity index (χ0v) is 33.6. The third-order valence-corrected chi connectivity index (χ3v) is 15.8. The van der Waals surface area contributed by atoms with Crippen molar-refractivity contribution in [2.75, 3.05) is 79.2 Å². The quantitative estimate of drug-likeness (QED) is 0.0622. The van der Waals surface area contributed by atoms with Gasteiger partial charge in [0.25, 0.3) is 0 Å². The topological polar surface area (TPSA) is 124 Å². The largest absolute Gasteiger partial charge is 0.490 e. The summed E-state index contributed by atoms with van der Waals surface area (Å²) in [5, 5.41) is 0.943. The van der Waals surface area contributed by atoms with Crippen LogP contribution in [0.2, 0.25) is 0 Å². The van der Waals surface area contributed by atoms with Gasteiger partial charge in [0.2, 0.25) is 0 Å². The van der Waals surface area contributed by atoms with Crippen LogP contribution < -0.4 is 9.47 Å². The summed E-state index contributed by atoms with van der Waals surface area (Å²) in [5.74, 6) is 7.27. The Balaban J connectivity index is 1.63. The van der Waals surface area contributed by atoms with E-state index in [0.717, 1.165) is 40.3 Å². The highest BCUT2D eigenvalue weighted by Gasteiger charge is 2.34. The minimum Gasteiger partial charge on any atom is -0.490 e. The Morgan fingerprint density at radius 3 is 2.02 bits per heavy atom. The van der Waals surface area contributed by atoms with Crippen LogP contribution in [0.4, 0.5) is 0 Å². The van der Waals surface area contributed by atoms with Gasteiger partial charge in [-0.1, -0.05) is 19.2 Å². The lowest BCUT2D eigenvalue weighted by molar-refractivity contribution is -0.150. The monoisotopic (exact) mass is 806 g/mol. The second-order valence-electron chi connectivity index (χ2n) is 11.3. The van der Waals surface area contributed by atoms with Gasteiger partial charge in [-0.15, -0.1) is 11.8 Å². The van der Waals surface area contributed by atoms with E-state index >= 15 is 0 Å². The molecular formula is C34H46O10S6. The molecule has 278 valence electrons. The molecule has 10 nitrogen and oxygen atoms in total. The number of ether oxygens (including phenoxy) is 6. The van der Waals surface area contributed by atoms with Gasteiger partial charge in [-0.25, -0.2) is 9.59 Å². The molecule has 0 amide bonds. The van der Waals surface area contributed by atoms with Gasteiger partial charge in [-0.05, 0) is 19.1 Å². The van der Waals surface area contributed by atoms with Gasteiger partial charge in [0, 0.05) is 79.5 Å². The van der Waals surface area contributed by atoms with Crippen LogP contribution in [-0.2, 0) is 38.1 Å². The molecule has 50 heavy (non-hydrogen) atoms. The van der Waals surface area contributed by atoms with Crippen molar-refractivity contribution in [2.24, 2.45) is 0 Å². The standard InChI is InChI=1S/C34H46O10S6/c1-23(13-30(35)39-4)32(37)43-27(17-47-20-28-18-45-9-11-48-28)16-41-25-7-6-8-26(15-25)42-22-34(3,50-21-29-19-46-10-12-49-29)44-33(38)24(2)14-31(36)40-5/h6-8,15,27-29H,1-2,9-14,16-22H2,3-5H3. The van der Waals surface area contributed by atoms with Gasteiger partial charge in [-0.3, -0.25) is 9.59 Å². The second-order valence-corrected chi connectivity index (χ2v) is 19.0. The molecule has 1 aromatic rings. The lowest BCUT2D eigenvalue weighted by atomic mass is 10.2. The van der Waals surface area contributed by atoms with Crippen molar-refractivity contribution in [3.8, 4) is 11.5 Å². The van der Waals surface area contributed by atoms with E-state index in [9.17, 15) is 19.2 Å². The van der Waals surface area contributed by atoms with Crippen molar-refractivity contribution >= 4 is 94.4 Å². The average molecular weight is 807 g/mol. The fourth-order valence-electron chi connectivity index (χ4n) is 4.28. The molecule has 2 aliphatic rings. The Bertz CT molecular complexity index is 1300. The maximum Gasteiger partial charge on any atom is 0.335 e. The highest BCUT2D eigenvalue weighted by atomic mass is 32.2. The molecule has 2 fully saturated rings. The number of carbonyl (C=O) groups is 4. The maximum atomic E-state index is 12.9. The fourth-order valence-corrected chi connectivity index (χ4v) is 12.5. The zero-order valence-electron chi connectivity index (χ0n) is 28.7. The Hall–Kier alpha value is -1.72. The summed E-state index contributed by atoms with van der Waals surface area (Å²) in [6, 6.07) is 7.04. The number of rotatable bonds is 21. The molecule has 0 aromatic heterocycles. The molecule has 16 heteroatoms. The maximum absolute atomic E-state index is 12.9. The van der Waals surface area contributed by atoms with E-state index in [1.165, 1.54) is 31.7 Å². The third-order valence-electron chi connectivity index (χ3n) is 7.02. The van der Waals surface area contributed by atoms with Crippen LogP contribution in [0.25, 0.3) is 0 Å². The van der Waals surface area contributed by atoms with Crippen molar-refractivity contribution in [3.63, 3.8) is 0 Å². The predicted octanol–water partition coefficient (Wildman–Crippen LogP) is 6.02. The van der Waals surface area contributed by atoms with Crippen molar-refractivity contribution in [2.45, 2.75) is 41.3 Å². The summed E-state index contributed by atoms with van der Waals surface area (Å²) in [6.07, 6.45) is -1.12. The molecule has 0 aliphatic carbocycles. The van der Waals surface area contributed by atoms with E-state index < -0.39 is 34.9 Å². The number of methoxy groups -OCH3 is 2. The summed E-state index contributed by atoms with van der Waals surface area (Å²) in [7, 11) is 2.50. The Labute approximate surface area is 320 Å². The number of benzene rings is 1. The Morgan fingerprint density at radius 1 is 0.860 bits per heavy atom. The summed E-state index contributed by atoms with van der Waals surface area (Å²) < 4.78 is 33.2. The second kappa shape index (κ2) is 23.1. The number of esters is 4. The van der Waals surface area contributed by atoms with E-state index in [-0.39, 0.29) is 37.2 Å². The van der Waals surface area contributed by atoms with Crippen LogP contribution in [0.5, 0.6) is 11.5 Å². The SMILES string of the molecule is C=C(CC(=O)OC)C(=O)OC(COc1cccc(OCC(C)(OC(=O)C(=C)CC(=O)OC)SCC2CSCCS2)c1)CSCC1CSCCS1. The number of carbonyl (C=O) groups excluding carboxylic acids is 4. The minimum absolute atomic E-state index is 0.000317. The Morgan fingerprint density at radius 2 is 1.44 bits per heavy atom. The first-order valence-electron chi connectivity index (χ1n) is 15.9. The lowest BCUT2D eigenvalue weighted by Crippen LogP contribution is -2.37. The molecule has 0 N–H and O–H groups in total. The van der Waals surface area contributed by atoms with E-state index in [1.807, 2.05) is 47.0 Å². The first-order valence-corrected chi connectivity index (χ1v) is 22.4. The van der Waals surface area contributed by atoms with E-state index in [2.05, 4.69) is 22.6 Å². The molecular weight excluding hydrogens is 761 g/mol. The fraction of sp³-hybridized carbons (Fsp3) is 0.588. The van der Waals surface area contributed by atoms with Crippen molar-refractivity contribution in [3.05, 3.63) is 48.6 Å². The predicted molar refractivity (Wildman–Crippen MR) is 210 cm³/mol. The van der Waals surface area contributed by atoms with Gasteiger partial charge < -0.3 is 28.4 Å². The van der Waals surface area contributed by atoms with Gasteiger partial charge in [0.1, 0.15) is 30.8 Å². The molecule has 0 bridgehead atoms. The van der Waals surface area contributed by atoms with E-state index in [1.54, 1.807) is 43.0 Å². The normalized spacial score (nSPS) is 19.2. The summed E-state index contributed by atoms with van der Waals surface area (Å²) >= 11 is 10.9. The van der Waals surface area contributed by atoms with Gasteiger partial charge >= 0.3 is 23.9 Å². The smallest absolute Gasteiger partial charge is 0.335 e. The summed E-state index contributed by atoms with van der Waals surface area (Å²) in [5.41, 5.74) is 0.0122. The van der Waals surface area contributed by atoms with Crippen molar-refractivity contribution < 1.29 is 47.6 Å². The van der Waals surface area contributed by atoms with Gasteiger partial charge in [-0.2, -0.15) is 58.8 Å². The van der Waals surface area contributed by atoms with Crippen LogP contribution >= 0.6 is 70.6 Å². The highest BCUT2D eigenvalue weighted by Crippen LogP contribution is 2.35. The molecule has 2 saturated heterocycles. The van der Waals surface area contributed by atoms with Crippen LogP contribution in [0.1, 0.15) is 19.8 Å². The first-order chi connectivity index (χ1) is 24.0.